The molecule has 0 saturated carbocycles. The molecule has 2 aromatic heterocycles. The maximum atomic E-state index is 12.0. The highest BCUT2D eigenvalue weighted by atomic mass is 35.5. The van der Waals surface area contributed by atoms with Crippen LogP contribution in [-0.2, 0) is 7.05 Å². The van der Waals surface area contributed by atoms with Crippen molar-refractivity contribution in [1.82, 2.24) is 9.78 Å². The first-order chi connectivity index (χ1) is 10.6. The van der Waals surface area contributed by atoms with E-state index in [1.54, 1.807) is 24.6 Å². The van der Waals surface area contributed by atoms with Gasteiger partial charge in [0.25, 0.3) is 5.56 Å². The van der Waals surface area contributed by atoms with Crippen molar-refractivity contribution in [1.29, 1.82) is 0 Å². The van der Waals surface area contributed by atoms with Gasteiger partial charge in [0.2, 0.25) is 0 Å². The summed E-state index contributed by atoms with van der Waals surface area (Å²) in [7, 11) is 1.58. The van der Waals surface area contributed by atoms with Crippen molar-refractivity contribution in [2.45, 2.75) is 31.4 Å². The van der Waals surface area contributed by atoms with E-state index in [1.807, 2.05) is 17.5 Å². The van der Waals surface area contributed by atoms with E-state index < -0.39 is 6.10 Å². The topological polar surface area (TPSA) is 58.4 Å². The molecule has 7 heteroatoms. The molecule has 0 bridgehead atoms. The molecule has 1 aliphatic rings. The summed E-state index contributed by atoms with van der Waals surface area (Å²) in [6, 6.07) is 4.06. The van der Waals surface area contributed by atoms with E-state index in [1.165, 1.54) is 4.68 Å². The molecule has 1 saturated heterocycles. The quantitative estimate of drug-likeness (QED) is 0.930. The molecule has 118 valence electrons. The molecule has 0 spiro atoms. The molecule has 22 heavy (non-hydrogen) atoms. The van der Waals surface area contributed by atoms with E-state index in [2.05, 4.69) is 10.00 Å². The largest absolute Gasteiger partial charge is 0.387 e. The maximum absolute atomic E-state index is 12.0. The second-order valence-corrected chi connectivity index (χ2v) is 6.89. The minimum absolute atomic E-state index is 0.170. The number of aliphatic hydroxyl groups excluding tert-OH is 1. The van der Waals surface area contributed by atoms with Crippen LogP contribution in [0.4, 0.5) is 5.69 Å². The zero-order valence-corrected chi connectivity index (χ0v) is 13.8. The number of thiophene rings is 1. The fourth-order valence-corrected chi connectivity index (χ4v) is 3.96. The molecule has 2 atom stereocenters. The number of hydrogen-bond acceptors (Lipinski definition) is 5. The van der Waals surface area contributed by atoms with Gasteiger partial charge in [-0.3, -0.25) is 4.79 Å². The van der Waals surface area contributed by atoms with Crippen LogP contribution < -0.4 is 10.5 Å². The third-order valence-electron chi connectivity index (χ3n) is 4.11. The van der Waals surface area contributed by atoms with Gasteiger partial charge in [0.05, 0.1) is 18.0 Å². The zero-order valence-electron chi connectivity index (χ0n) is 12.3. The molecule has 0 unspecified atom stereocenters. The summed E-state index contributed by atoms with van der Waals surface area (Å²) in [5.41, 5.74) is 0.384. The Morgan fingerprint density at radius 2 is 2.41 bits per heavy atom. The number of rotatable bonds is 4. The summed E-state index contributed by atoms with van der Waals surface area (Å²) in [6.45, 7) is 0.830. The highest BCUT2D eigenvalue weighted by Crippen LogP contribution is 2.34. The Bertz CT molecular complexity index is 701. The standard InChI is InChI=1S/C15H18ClN3O2S/c1-18-15(21)14(16)11(9-17-18)19-6-2-4-10(19)8-12(20)13-5-3-7-22-13/h3,5,7,9-10,12,20H,2,4,6,8H2,1H3/t10-,12-/m0/s1. The molecule has 0 radical (unpaired) electrons. The van der Waals surface area contributed by atoms with Crippen LogP contribution in [-0.4, -0.2) is 27.5 Å². The minimum atomic E-state index is -0.483. The molecule has 3 rings (SSSR count). The summed E-state index contributed by atoms with van der Waals surface area (Å²) in [4.78, 5) is 15.0. The summed E-state index contributed by atoms with van der Waals surface area (Å²) < 4.78 is 1.23. The highest BCUT2D eigenvalue weighted by Gasteiger charge is 2.29. The molecule has 2 aromatic rings. The van der Waals surface area contributed by atoms with Gasteiger partial charge in [0, 0.05) is 24.5 Å². The normalized spacial score (nSPS) is 19.6. The number of halogens is 1. The summed E-state index contributed by atoms with van der Waals surface area (Å²) in [5, 5.41) is 16.6. The van der Waals surface area contributed by atoms with Gasteiger partial charge in [-0.25, -0.2) is 4.68 Å². The van der Waals surface area contributed by atoms with Crippen molar-refractivity contribution in [2.75, 3.05) is 11.4 Å². The second kappa shape index (κ2) is 6.40. The second-order valence-electron chi connectivity index (χ2n) is 5.53. The molecule has 0 aliphatic carbocycles. The van der Waals surface area contributed by atoms with Crippen LogP contribution in [0.1, 0.15) is 30.2 Å². The lowest BCUT2D eigenvalue weighted by Gasteiger charge is -2.28. The van der Waals surface area contributed by atoms with Gasteiger partial charge in [0.1, 0.15) is 5.02 Å². The van der Waals surface area contributed by atoms with Crippen LogP contribution in [0.2, 0.25) is 5.02 Å². The predicted octanol–water partition coefficient (Wildman–Crippen LogP) is 2.59. The molecule has 5 nitrogen and oxygen atoms in total. The van der Waals surface area contributed by atoms with Crippen LogP contribution in [0.25, 0.3) is 0 Å². The van der Waals surface area contributed by atoms with Crippen molar-refractivity contribution >= 4 is 28.6 Å². The van der Waals surface area contributed by atoms with Crippen molar-refractivity contribution in [3.63, 3.8) is 0 Å². The molecule has 1 aliphatic heterocycles. The highest BCUT2D eigenvalue weighted by molar-refractivity contribution is 7.10. The van der Waals surface area contributed by atoms with E-state index in [0.717, 1.165) is 24.3 Å². The first kappa shape index (κ1) is 15.5. The molecular weight excluding hydrogens is 322 g/mol. The number of hydrogen-bond donors (Lipinski definition) is 1. The van der Waals surface area contributed by atoms with Crippen molar-refractivity contribution in [3.05, 3.63) is 44.0 Å². The Morgan fingerprint density at radius 3 is 3.14 bits per heavy atom. The van der Waals surface area contributed by atoms with E-state index in [9.17, 15) is 9.90 Å². The smallest absolute Gasteiger partial charge is 0.287 e. The maximum Gasteiger partial charge on any atom is 0.287 e. The van der Waals surface area contributed by atoms with Gasteiger partial charge >= 0.3 is 0 Å². The third kappa shape index (κ3) is 2.91. The van der Waals surface area contributed by atoms with Crippen molar-refractivity contribution in [3.8, 4) is 0 Å². The number of anilines is 1. The number of nitrogens with zero attached hydrogens (tertiary/aromatic N) is 3. The Kier molecular flexibility index (Phi) is 4.52. The van der Waals surface area contributed by atoms with Crippen LogP contribution in [0.5, 0.6) is 0 Å². The van der Waals surface area contributed by atoms with E-state index in [4.69, 9.17) is 11.6 Å². The SMILES string of the molecule is Cn1ncc(N2CCC[C@H]2C[C@H](O)c2cccs2)c(Cl)c1=O. The van der Waals surface area contributed by atoms with Crippen molar-refractivity contribution < 1.29 is 5.11 Å². The van der Waals surface area contributed by atoms with Crippen LogP contribution in [0, 0.1) is 0 Å². The zero-order chi connectivity index (χ0) is 15.7. The first-order valence-electron chi connectivity index (χ1n) is 7.28. The summed E-state index contributed by atoms with van der Waals surface area (Å²) in [6.07, 6.45) is 3.79. The third-order valence-corrected chi connectivity index (χ3v) is 5.44. The summed E-state index contributed by atoms with van der Waals surface area (Å²) >= 11 is 7.76. The predicted molar refractivity (Wildman–Crippen MR) is 88.8 cm³/mol. The average Bonchev–Trinajstić information content (AvgIpc) is 3.16. The molecule has 1 fully saturated rings. The van der Waals surface area contributed by atoms with E-state index in [0.29, 0.717) is 12.1 Å². The lowest BCUT2D eigenvalue weighted by Crippen LogP contribution is -2.33. The van der Waals surface area contributed by atoms with Gasteiger partial charge < -0.3 is 10.0 Å². The fourth-order valence-electron chi connectivity index (χ4n) is 2.95. The molecule has 0 amide bonds. The average molecular weight is 340 g/mol. The Balaban J connectivity index is 1.82. The van der Waals surface area contributed by atoms with Gasteiger partial charge in [-0.05, 0) is 30.7 Å². The Hall–Kier alpha value is -1.37. The first-order valence-corrected chi connectivity index (χ1v) is 8.53. The van der Waals surface area contributed by atoms with E-state index in [-0.39, 0.29) is 16.6 Å². The lowest BCUT2D eigenvalue weighted by atomic mass is 10.1. The van der Waals surface area contributed by atoms with Gasteiger partial charge in [-0.1, -0.05) is 17.7 Å². The molecule has 0 aromatic carbocycles. The van der Waals surface area contributed by atoms with E-state index >= 15 is 0 Å². The number of aryl methyl sites for hydroxylation is 1. The minimum Gasteiger partial charge on any atom is -0.387 e. The van der Waals surface area contributed by atoms with Gasteiger partial charge in [-0.2, -0.15) is 5.10 Å². The van der Waals surface area contributed by atoms with Crippen LogP contribution in [0.15, 0.2) is 28.5 Å². The molecule has 3 heterocycles. The molecular formula is C15H18ClN3O2S. The van der Waals surface area contributed by atoms with Crippen LogP contribution >= 0.6 is 22.9 Å². The number of aromatic nitrogens is 2. The Labute approximate surface area is 137 Å². The fraction of sp³-hybridized carbons (Fsp3) is 0.467. The van der Waals surface area contributed by atoms with Gasteiger partial charge in [-0.15, -0.1) is 11.3 Å². The van der Waals surface area contributed by atoms with Crippen LogP contribution in [0.3, 0.4) is 0 Å². The van der Waals surface area contributed by atoms with Gasteiger partial charge in [0.15, 0.2) is 0 Å². The summed E-state index contributed by atoms with van der Waals surface area (Å²) in [5.74, 6) is 0. The van der Waals surface area contributed by atoms with Crippen molar-refractivity contribution in [2.24, 2.45) is 7.05 Å². The Morgan fingerprint density at radius 1 is 1.59 bits per heavy atom. The molecule has 1 N–H and O–H groups in total. The monoisotopic (exact) mass is 339 g/mol. The lowest BCUT2D eigenvalue weighted by molar-refractivity contribution is 0.162. The number of aliphatic hydroxyl groups is 1.